The van der Waals surface area contributed by atoms with Crippen LogP contribution >= 0.6 is 0 Å². The van der Waals surface area contributed by atoms with Gasteiger partial charge in [0.25, 0.3) is 0 Å². The van der Waals surface area contributed by atoms with Crippen molar-refractivity contribution in [3.63, 3.8) is 0 Å². The average molecular weight is 265 g/mol. The molecule has 1 saturated heterocycles. The summed E-state index contributed by atoms with van der Waals surface area (Å²) < 4.78 is 10.7. The normalized spacial score (nSPS) is 15.1. The monoisotopic (exact) mass is 265 g/mol. The van der Waals surface area contributed by atoms with E-state index in [2.05, 4.69) is 5.32 Å². The third-order valence-electron chi connectivity index (χ3n) is 2.83. The lowest BCUT2D eigenvalue weighted by atomic mass is 10.3. The van der Waals surface area contributed by atoms with Crippen molar-refractivity contribution in [3.05, 3.63) is 24.3 Å². The molecule has 19 heavy (non-hydrogen) atoms. The number of morpholine rings is 1. The quantitative estimate of drug-likeness (QED) is 0.620. The molecule has 0 bridgehead atoms. The minimum atomic E-state index is -0.0655. The largest absolute Gasteiger partial charge is 0.492 e. The Morgan fingerprint density at radius 2 is 2.00 bits per heavy atom. The van der Waals surface area contributed by atoms with Crippen molar-refractivity contribution < 1.29 is 14.3 Å². The number of amides is 2. The fraction of sp³-hybridized carbons (Fsp3) is 0.462. The van der Waals surface area contributed by atoms with Gasteiger partial charge < -0.3 is 25.4 Å². The van der Waals surface area contributed by atoms with Crippen LogP contribution in [0.25, 0.3) is 0 Å². The molecule has 0 spiro atoms. The van der Waals surface area contributed by atoms with Crippen molar-refractivity contribution in [1.82, 2.24) is 10.2 Å². The molecule has 2 amide bonds. The molecule has 6 nitrogen and oxygen atoms in total. The molecule has 1 aliphatic heterocycles. The highest BCUT2D eigenvalue weighted by molar-refractivity contribution is 5.74. The molecule has 1 fully saturated rings. The second-order valence-corrected chi connectivity index (χ2v) is 4.25. The van der Waals surface area contributed by atoms with Gasteiger partial charge in [0.1, 0.15) is 12.4 Å². The first-order valence-electron chi connectivity index (χ1n) is 6.34. The van der Waals surface area contributed by atoms with E-state index in [1.54, 1.807) is 29.2 Å². The van der Waals surface area contributed by atoms with E-state index in [4.69, 9.17) is 15.2 Å². The Kier molecular flexibility index (Phi) is 4.85. The maximum atomic E-state index is 11.7. The molecule has 0 aromatic heterocycles. The first kappa shape index (κ1) is 13.5. The number of hydrogen-bond acceptors (Lipinski definition) is 4. The summed E-state index contributed by atoms with van der Waals surface area (Å²) in [6.45, 7) is 3.40. The number of nitrogens with two attached hydrogens (primary N) is 1. The van der Waals surface area contributed by atoms with Crippen LogP contribution in [0.3, 0.4) is 0 Å². The van der Waals surface area contributed by atoms with E-state index >= 15 is 0 Å². The Hall–Kier alpha value is -1.95. The van der Waals surface area contributed by atoms with E-state index < -0.39 is 0 Å². The van der Waals surface area contributed by atoms with E-state index in [9.17, 15) is 4.79 Å². The van der Waals surface area contributed by atoms with Crippen LogP contribution in [-0.4, -0.2) is 50.4 Å². The molecule has 1 aromatic rings. The lowest BCUT2D eigenvalue weighted by Crippen LogP contribution is -2.47. The number of urea groups is 1. The second kappa shape index (κ2) is 6.84. The molecule has 1 heterocycles. The number of carbonyl (C=O) groups excluding carboxylic acids is 1. The van der Waals surface area contributed by atoms with Crippen molar-refractivity contribution in [2.75, 3.05) is 45.2 Å². The van der Waals surface area contributed by atoms with Crippen molar-refractivity contribution in [1.29, 1.82) is 0 Å². The van der Waals surface area contributed by atoms with Crippen LogP contribution in [0.15, 0.2) is 24.3 Å². The van der Waals surface area contributed by atoms with Gasteiger partial charge in [-0.15, -0.1) is 0 Å². The molecule has 2 rings (SSSR count). The van der Waals surface area contributed by atoms with Gasteiger partial charge in [-0.25, -0.2) is 4.79 Å². The molecule has 1 aromatic carbocycles. The van der Waals surface area contributed by atoms with E-state index in [1.165, 1.54) is 0 Å². The van der Waals surface area contributed by atoms with Gasteiger partial charge in [0.2, 0.25) is 0 Å². The molecule has 0 saturated carbocycles. The zero-order chi connectivity index (χ0) is 13.5. The standard InChI is InChI=1S/C13H19N3O3/c14-11-1-3-12(4-2-11)19-8-5-15-13(17)16-6-9-18-10-7-16/h1-4H,5-10,14H2,(H,15,17). The van der Waals surface area contributed by atoms with Crippen LogP contribution in [0.1, 0.15) is 0 Å². The molecule has 0 aliphatic carbocycles. The summed E-state index contributed by atoms with van der Waals surface area (Å²) in [5, 5.41) is 2.82. The Labute approximate surface area is 112 Å². The minimum absolute atomic E-state index is 0.0655. The summed E-state index contributed by atoms with van der Waals surface area (Å²) in [7, 11) is 0. The van der Waals surface area contributed by atoms with E-state index in [-0.39, 0.29) is 6.03 Å². The number of carbonyl (C=O) groups is 1. The number of benzene rings is 1. The Morgan fingerprint density at radius 3 is 2.68 bits per heavy atom. The van der Waals surface area contributed by atoms with Gasteiger partial charge in [0.15, 0.2) is 0 Å². The highest BCUT2D eigenvalue weighted by Crippen LogP contribution is 2.12. The van der Waals surface area contributed by atoms with Crippen LogP contribution in [0.2, 0.25) is 0 Å². The molecule has 0 atom stereocenters. The summed E-state index contributed by atoms with van der Waals surface area (Å²) in [5.74, 6) is 0.745. The minimum Gasteiger partial charge on any atom is -0.492 e. The SMILES string of the molecule is Nc1ccc(OCCNC(=O)N2CCOCC2)cc1. The lowest BCUT2D eigenvalue weighted by molar-refractivity contribution is 0.0530. The third-order valence-corrected chi connectivity index (χ3v) is 2.83. The highest BCUT2D eigenvalue weighted by Gasteiger charge is 2.15. The number of rotatable bonds is 4. The molecule has 3 N–H and O–H groups in total. The molecule has 104 valence electrons. The van der Waals surface area contributed by atoms with Gasteiger partial charge in [0.05, 0.1) is 19.8 Å². The summed E-state index contributed by atoms with van der Waals surface area (Å²) in [6.07, 6.45) is 0. The fourth-order valence-corrected chi connectivity index (χ4v) is 1.77. The number of hydrogen-bond donors (Lipinski definition) is 2. The van der Waals surface area contributed by atoms with Gasteiger partial charge in [-0.1, -0.05) is 0 Å². The Bertz CT molecular complexity index is 402. The van der Waals surface area contributed by atoms with Gasteiger partial charge in [0, 0.05) is 18.8 Å². The summed E-state index contributed by atoms with van der Waals surface area (Å²) in [5.41, 5.74) is 6.28. The Morgan fingerprint density at radius 1 is 1.32 bits per heavy atom. The second-order valence-electron chi connectivity index (χ2n) is 4.25. The molecular weight excluding hydrogens is 246 g/mol. The molecule has 6 heteroatoms. The maximum absolute atomic E-state index is 11.7. The third kappa shape index (κ3) is 4.33. The number of nitrogen functional groups attached to an aromatic ring is 1. The Balaban J connectivity index is 1.63. The van der Waals surface area contributed by atoms with E-state index in [1.807, 2.05) is 0 Å². The zero-order valence-corrected chi connectivity index (χ0v) is 10.8. The van der Waals surface area contributed by atoms with Crippen LogP contribution < -0.4 is 15.8 Å². The number of nitrogens with one attached hydrogen (secondary N) is 1. The number of anilines is 1. The maximum Gasteiger partial charge on any atom is 0.317 e. The first-order chi connectivity index (χ1) is 9.25. The van der Waals surface area contributed by atoms with Crippen molar-refractivity contribution in [2.24, 2.45) is 0 Å². The molecule has 0 unspecified atom stereocenters. The van der Waals surface area contributed by atoms with Crippen molar-refractivity contribution in [3.8, 4) is 5.75 Å². The summed E-state index contributed by atoms with van der Waals surface area (Å²) in [6, 6.07) is 7.10. The van der Waals surface area contributed by atoms with Crippen LogP contribution in [0.5, 0.6) is 5.75 Å². The van der Waals surface area contributed by atoms with Crippen molar-refractivity contribution >= 4 is 11.7 Å². The summed E-state index contributed by atoms with van der Waals surface area (Å²) in [4.78, 5) is 13.5. The first-order valence-corrected chi connectivity index (χ1v) is 6.34. The van der Waals surface area contributed by atoms with Gasteiger partial charge >= 0.3 is 6.03 Å². The summed E-state index contributed by atoms with van der Waals surface area (Å²) >= 11 is 0. The topological polar surface area (TPSA) is 76.8 Å². The smallest absolute Gasteiger partial charge is 0.317 e. The lowest BCUT2D eigenvalue weighted by Gasteiger charge is -2.26. The van der Waals surface area contributed by atoms with Crippen LogP contribution in [0, 0.1) is 0 Å². The number of nitrogens with zero attached hydrogens (tertiary/aromatic N) is 1. The van der Waals surface area contributed by atoms with Crippen LogP contribution in [-0.2, 0) is 4.74 Å². The predicted octanol–water partition coefficient (Wildman–Crippen LogP) is 0.689. The molecule has 1 aliphatic rings. The highest BCUT2D eigenvalue weighted by atomic mass is 16.5. The van der Waals surface area contributed by atoms with E-state index in [0.29, 0.717) is 45.1 Å². The molecule has 0 radical (unpaired) electrons. The van der Waals surface area contributed by atoms with E-state index in [0.717, 1.165) is 5.75 Å². The van der Waals surface area contributed by atoms with Crippen LogP contribution in [0.4, 0.5) is 10.5 Å². The van der Waals surface area contributed by atoms with Gasteiger partial charge in [-0.05, 0) is 24.3 Å². The van der Waals surface area contributed by atoms with Gasteiger partial charge in [-0.2, -0.15) is 0 Å². The number of ether oxygens (including phenoxy) is 2. The van der Waals surface area contributed by atoms with Crippen molar-refractivity contribution in [2.45, 2.75) is 0 Å². The fourth-order valence-electron chi connectivity index (χ4n) is 1.77. The van der Waals surface area contributed by atoms with Gasteiger partial charge in [-0.3, -0.25) is 0 Å². The zero-order valence-electron chi connectivity index (χ0n) is 10.8. The molecular formula is C13H19N3O3. The average Bonchev–Trinajstić information content (AvgIpc) is 2.46. The predicted molar refractivity (Wildman–Crippen MR) is 72.1 cm³/mol.